The molecule has 2 N–H and O–H groups in total. The number of carbonyl (C=O) groups is 2. The van der Waals surface area contributed by atoms with E-state index in [0.717, 1.165) is 36.4 Å². The van der Waals surface area contributed by atoms with E-state index in [2.05, 4.69) is 22.7 Å². The van der Waals surface area contributed by atoms with Gasteiger partial charge in [-0.05, 0) is 50.7 Å². The lowest BCUT2D eigenvalue weighted by Gasteiger charge is -2.36. The summed E-state index contributed by atoms with van der Waals surface area (Å²) in [6.45, 7) is 4.75. The molecule has 4 rings (SSSR count). The Hall–Kier alpha value is -2.42. The second kappa shape index (κ2) is 8.14. The molecule has 0 bridgehead atoms. The van der Waals surface area contributed by atoms with Crippen LogP contribution in [-0.4, -0.2) is 38.2 Å². The second-order valence-corrected chi connectivity index (χ2v) is 9.17. The Kier molecular flexibility index (Phi) is 5.58. The largest absolute Gasteiger partial charge is 0.352 e. The van der Waals surface area contributed by atoms with Crippen molar-refractivity contribution in [2.75, 3.05) is 0 Å². The van der Waals surface area contributed by atoms with Gasteiger partial charge in [0.25, 0.3) is 5.91 Å². The molecule has 1 aliphatic carbocycles. The molecular formula is C20H27N5O3S. The van der Waals surface area contributed by atoms with Gasteiger partial charge in [0.2, 0.25) is 5.91 Å². The van der Waals surface area contributed by atoms with Crippen molar-refractivity contribution in [1.82, 2.24) is 25.0 Å². The number of thiophene rings is 1. The van der Waals surface area contributed by atoms with E-state index in [1.54, 1.807) is 4.57 Å². The Morgan fingerprint density at radius 2 is 2.00 bits per heavy atom. The molecule has 0 radical (unpaired) electrons. The quantitative estimate of drug-likeness (QED) is 0.742. The van der Waals surface area contributed by atoms with Gasteiger partial charge in [-0.2, -0.15) is 5.10 Å². The van der Waals surface area contributed by atoms with Crippen molar-refractivity contribution < 1.29 is 9.59 Å². The third kappa shape index (κ3) is 4.14. The van der Waals surface area contributed by atoms with E-state index < -0.39 is 0 Å². The molecule has 3 heterocycles. The van der Waals surface area contributed by atoms with Crippen molar-refractivity contribution in [1.29, 1.82) is 0 Å². The zero-order valence-corrected chi connectivity index (χ0v) is 17.7. The third-order valence-electron chi connectivity index (χ3n) is 5.79. The first-order valence-electron chi connectivity index (χ1n) is 10.3. The van der Waals surface area contributed by atoms with Crippen LogP contribution in [0.4, 0.5) is 0 Å². The van der Waals surface area contributed by atoms with Crippen LogP contribution in [0.5, 0.6) is 0 Å². The van der Waals surface area contributed by atoms with E-state index in [1.807, 2.05) is 13.0 Å². The molecule has 2 aromatic rings. The molecule has 0 unspecified atom stereocenters. The second-order valence-electron chi connectivity index (χ2n) is 7.92. The number of hydrogen-bond acceptors (Lipinski definition) is 5. The molecule has 1 aliphatic heterocycles. The Labute approximate surface area is 173 Å². The summed E-state index contributed by atoms with van der Waals surface area (Å²) >= 11 is 1.53. The molecule has 2 amide bonds. The molecule has 8 nitrogen and oxygen atoms in total. The minimum atomic E-state index is -0.209. The first-order valence-corrected chi connectivity index (χ1v) is 11.1. The SMILES string of the molecule is CCc1cc(C(=O)NC2CC(NC(=O)Cn3nc4n(c3=O)CCCC4)C2)sc1C. The standard InChI is InChI=1S/C20H27N5O3S/c1-3-13-8-16(29-12(13)2)19(27)22-15-9-14(10-15)21-18(26)11-25-20(28)24-7-5-4-6-17(24)23-25/h8,14-15H,3-7,9-11H2,1-2H3,(H,21,26)(H,22,27). The number of rotatable bonds is 6. The summed E-state index contributed by atoms with van der Waals surface area (Å²) in [5.74, 6) is 0.525. The topological polar surface area (TPSA) is 98.0 Å². The molecule has 1 saturated carbocycles. The minimum absolute atomic E-state index is 0.0250. The van der Waals surface area contributed by atoms with Gasteiger partial charge in [0.05, 0.1) is 4.88 Å². The van der Waals surface area contributed by atoms with Crippen LogP contribution in [0.25, 0.3) is 0 Å². The minimum Gasteiger partial charge on any atom is -0.352 e. The molecule has 9 heteroatoms. The van der Waals surface area contributed by atoms with Crippen LogP contribution in [0.3, 0.4) is 0 Å². The van der Waals surface area contributed by atoms with E-state index in [4.69, 9.17) is 0 Å². The first-order chi connectivity index (χ1) is 13.9. The van der Waals surface area contributed by atoms with Gasteiger partial charge < -0.3 is 10.6 Å². The fraction of sp³-hybridized carbons (Fsp3) is 0.600. The molecule has 29 heavy (non-hydrogen) atoms. The average molecular weight is 418 g/mol. The maximum Gasteiger partial charge on any atom is 0.346 e. The Morgan fingerprint density at radius 1 is 1.24 bits per heavy atom. The molecule has 0 saturated heterocycles. The molecule has 2 aliphatic rings. The number of aryl methyl sites for hydroxylation is 3. The highest BCUT2D eigenvalue weighted by molar-refractivity contribution is 7.14. The number of aromatic nitrogens is 3. The summed E-state index contributed by atoms with van der Waals surface area (Å²) in [6.07, 6.45) is 5.13. The smallest absolute Gasteiger partial charge is 0.346 e. The van der Waals surface area contributed by atoms with Gasteiger partial charge in [0.15, 0.2) is 0 Å². The van der Waals surface area contributed by atoms with Gasteiger partial charge >= 0.3 is 5.69 Å². The highest BCUT2D eigenvalue weighted by Gasteiger charge is 2.32. The molecule has 2 aromatic heterocycles. The van der Waals surface area contributed by atoms with Crippen LogP contribution in [-0.2, 0) is 30.7 Å². The molecule has 0 spiro atoms. The van der Waals surface area contributed by atoms with Gasteiger partial charge in [0.1, 0.15) is 12.4 Å². The predicted molar refractivity (Wildman–Crippen MR) is 110 cm³/mol. The zero-order valence-electron chi connectivity index (χ0n) is 16.9. The molecule has 0 atom stereocenters. The lowest BCUT2D eigenvalue weighted by molar-refractivity contribution is -0.123. The number of carbonyl (C=O) groups excluding carboxylic acids is 2. The van der Waals surface area contributed by atoms with E-state index in [-0.39, 0.29) is 36.1 Å². The molecule has 0 aromatic carbocycles. The summed E-state index contributed by atoms with van der Waals surface area (Å²) < 4.78 is 2.93. The fourth-order valence-corrected chi connectivity index (χ4v) is 5.07. The van der Waals surface area contributed by atoms with Crippen LogP contribution >= 0.6 is 11.3 Å². The van der Waals surface area contributed by atoms with Gasteiger partial charge in [-0.1, -0.05) is 6.92 Å². The van der Waals surface area contributed by atoms with Crippen molar-refractivity contribution >= 4 is 23.2 Å². The van der Waals surface area contributed by atoms with Crippen molar-refractivity contribution in [2.45, 2.75) is 77.5 Å². The lowest BCUT2D eigenvalue weighted by Crippen LogP contribution is -2.54. The lowest BCUT2D eigenvalue weighted by atomic mass is 9.86. The van der Waals surface area contributed by atoms with Gasteiger partial charge in [-0.25, -0.2) is 9.48 Å². The Morgan fingerprint density at radius 3 is 2.69 bits per heavy atom. The Balaban J connectivity index is 1.24. The number of hydrogen-bond donors (Lipinski definition) is 2. The molecular weight excluding hydrogens is 390 g/mol. The van der Waals surface area contributed by atoms with Crippen LogP contribution in [0.2, 0.25) is 0 Å². The monoisotopic (exact) mass is 417 g/mol. The highest BCUT2D eigenvalue weighted by Crippen LogP contribution is 2.24. The zero-order chi connectivity index (χ0) is 20.5. The number of fused-ring (bicyclic) bond motifs is 1. The maximum absolute atomic E-state index is 12.4. The number of nitrogens with one attached hydrogen (secondary N) is 2. The normalized spacial score (nSPS) is 20.6. The summed E-state index contributed by atoms with van der Waals surface area (Å²) in [5.41, 5.74) is 1.02. The van der Waals surface area contributed by atoms with Crippen LogP contribution in [0, 0.1) is 6.92 Å². The summed E-state index contributed by atoms with van der Waals surface area (Å²) in [4.78, 5) is 38.9. The first kappa shape index (κ1) is 19.9. The van der Waals surface area contributed by atoms with Crippen LogP contribution in [0.15, 0.2) is 10.9 Å². The van der Waals surface area contributed by atoms with Crippen LogP contribution in [0.1, 0.15) is 58.5 Å². The average Bonchev–Trinajstić information content (AvgIpc) is 3.20. The van der Waals surface area contributed by atoms with E-state index in [0.29, 0.717) is 19.4 Å². The predicted octanol–water partition coefficient (Wildman–Crippen LogP) is 1.39. The van der Waals surface area contributed by atoms with Crippen molar-refractivity contribution in [2.24, 2.45) is 0 Å². The fourth-order valence-electron chi connectivity index (χ4n) is 4.05. The van der Waals surface area contributed by atoms with Crippen molar-refractivity contribution in [3.05, 3.63) is 37.7 Å². The van der Waals surface area contributed by atoms with Crippen molar-refractivity contribution in [3.8, 4) is 0 Å². The van der Waals surface area contributed by atoms with E-state index in [9.17, 15) is 14.4 Å². The summed E-state index contributed by atoms with van der Waals surface area (Å²) in [6, 6.07) is 2.06. The van der Waals surface area contributed by atoms with Crippen LogP contribution < -0.4 is 16.3 Å². The van der Waals surface area contributed by atoms with E-state index >= 15 is 0 Å². The van der Waals surface area contributed by atoms with Gasteiger partial charge in [-0.15, -0.1) is 11.3 Å². The molecule has 1 fully saturated rings. The maximum atomic E-state index is 12.4. The van der Waals surface area contributed by atoms with Gasteiger partial charge in [0, 0.05) is 29.9 Å². The number of amides is 2. The summed E-state index contributed by atoms with van der Waals surface area (Å²) in [5, 5.41) is 10.3. The molecule has 156 valence electrons. The van der Waals surface area contributed by atoms with Gasteiger partial charge in [-0.3, -0.25) is 14.2 Å². The third-order valence-corrected chi connectivity index (χ3v) is 6.88. The van der Waals surface area contributed by atoms with Crippen molar-refractivity contribution in [3.63, 3.8) is 0 Å². The van der Waals surface area contributed by atoms with E-state index in [1.165, 1.54) is 26.5 Å². The number of nitrogens with zero attached hydrogens (tertiary/aromatic N) is 3. The summed E-state index contributed by atoms with van der Waals surface area (Å²) in [7, 11) is 0. The highest BCUT2D eigenvalue weighted by atomic mass is 32.1. The Bertz CT molecular complexity index is 983.